The summed E-state index contributed by atoms with van der Waals surface area (Å²) in [5.41, 5.74) is 3.24. The van der Waals surface area contributed by atoms with E-state index in [9.17, 15) is 0 Å². The minimum atomic E-state index is 0.558. The molecule has 0 amide bonds. The summed E-state index contributed by atoms with van der Waals surface area (Å²) in [7, 11) is 0. The molecule has 0 atom stereocenters. The summed E-state index contributed by atoms with van der Waals surface area (Å²) in [6.45, 7) is 4.00. The first-order chi connectivity index (χ1) is 5.68. The molecule has 0 radical (unpaired) electrons. The lowest BCUT2D eigenvalue weighted by Gasteiger charge is -1.96. The van der Waals surface area contributed by atoms with Crippen LogP contribution in [-0.2, 0) is 0 Å². The van der Waals surface area contributed by atoms with E-state index in [-0.39, 0.29) is 0 Å². The van der Waals surface area contributed by atoms with Crippen molar-refractivity contribution in [3.8, 4) is 0 Å². The van der Waals surface area contributed by atoms with Crippen molar-refractivity contribution in [2.24, 2.45) is 0 Å². The van der Waals surface area contributed by atoms with Crippen molar-refractivity contribution in [1.82, 2.24) is 9.97 Å². The third-order valence-electron chi connectivity index (χ3n) is 2.03. The minimum absolute atomic E-state index is 0.558. The molecule has 2 nitrogen and oxygen atoms in total. The summed E-state index contributed by atoms with van der Waals surface area (Å²) in [6, 6.07) is 1.88. The number of rotatable bonds is 0. The molecule has 3 heteroatoms. The first-order valence-corrected chi connectivity index (χ1v) is 4.17. The number of H-pyrrole nitrogens is 1. The van der Waals surface area contributed by atoms with Crippen LogP contribution in [0.4, 0.5) is 0 Å². The number of halogens is 1. The van der Waals surface area contributed by atoms with Crippen molar-refractivity contribution in [2.75, 3.05) is 0 Å². The molecule has 12 heavy (non-hydrogen) atoms. The Labute approximate surface area is 75.6 Å². The molecule has 62 valence electrons. The minimum Gasteiger partial charge on any atom is -0.359 e. The molecule has 0 saturated carbocycles. The summed E-state index contributed by atoms with van der Waals surface area (Å²) in [6.07, 6.45) is 1.97. The Balaban J connectivity index is 2.92. The summed E-state index contributed by atoms with van der Waals surface area (Å²) >= 11 is 5.83. The van der Waals surface area contributed by atoms with E-state index >= 15 is 0 Å². The summed E-state index contributed by atoms with van der Waals surface area (Å²) in [5.74, 6) is 0. The number of fused-ring (bicyclic) bond motifs is 1. The van der Waals surface area contributed by atoms with Gasteiger partial charge in [0.25, 0.3) is 0 Å². The number of aryl methyl sites for hydroxylation is 2. The molecule has 0 aliphatic heterocycles. The fraction of sp³-hybridized carbons (Fsp3) is 0.222. The van der Waals surface area contributed by atoms with E-state index in [1.165, 1.54) is 5.56 Å². The Kier molecular flexibility index (Phi) is 1.58. The maximum atomic E-state index is 5.83. The van der Waals surface area contributed by atoms with Crippen LogP contribution in [0.15, 0.2) is 12.3 Å². The zero-order valence-electron chi connectivity index (χ0n) is 6.98. The quantitative estimate of drug-likeness (QED) is 0.621. The maximum absolute atomic E-state index is 5.83. The van der Waals surface area contributed by atoms with E-state index in [0.29, 0.717) is 5.15 Å². The van der Waals surface area contributed by atoms with Gasteiger partial charge < -0.3 is 4.98 Å². The van der Waals surface area contributed by atoms with Crippen LogP contribution in [0.5, 0.6) is 0 Å². The topological polar surface area (TPSA) is 28.7 Å². The number of nitrogens with zero attached hydrogens (tertiary/aromatic N) is 1. The predicted octanol–water partition coefficient (Wildman–Crippen LogP) is 2.83. The summed E-state index contributed by atoms with van der Waals surface area (Å²) in [4.78, 5) is 7.31. The van der Waals surface area contributed by atoms with Crippen LogP contribution in [0.25, 0.3) is 10.9 Å². The van der Waals surface area contributed by atoms with Crippen molar-refractivity contribution in [3.63, 3.8) is 0 Å². The van der Waals surface area contributed by atoms with Gasteiger partial charge in [-0.15, -0.1) is 0 Å². The second-order valence-electron chi connectivity index (χ2n) is 2.92. The molecule has 2 aromatic heterocycles. The second kappa shape index (κ2) is 2.49. The SMILES string of the molecule is Cc1c[nH]c2c(C)nc(Cl)cc12. The number of nitrogens with one attached hydrogen (secondary N) is 1. The molecule has 2 aromatic rings. The Hall–Kier alpha value is -1.02. The van der Waals surface area contributed by atoms with Gasteiger partial charge in [-0.05, 0) is 25.5 Å². The maximum Gasteiger partial charge on any atom is 0.130 e. The van der Waals surface area contributed by atoms with Gasteiger partial charge in [-0.2, -0.15) is 0 Å². The van der Waals surface area contributed by atoms with Gasteiger partial charge in [0.1, 0.15) is 5.15 Å². The lowest BCUT2D eigenvalue weighted by Crippen LogP contribution is -1.83. The number of aromatic nitrogens is 2. The molecule has 0 aliphatic rings. The van der Waals surface area contributed by atoms with E-state index in [1.54, 1.807) is 0 Å². The average Bonchev–Trinajstić information content (AvgIpc) is 2.33. The fourth-order valence-corrected chi connectivity index (χ4v) is 1.62. The van der Waals surface area contributed by atoms with Crippen molar-refractivity contribution in [2.45, 2.75) is 13.8 Å². The first kappa shape index (κ1) is 7.62. The van der Waals surface area contributed by atoms with Crippen LogP contribution in [-0.4, -0.2) is 9.97 Å². The van der Waals surface area contributed by atoms with Crippen molar-refractivity contribution < 1.29 is 0 Å². The normalized spacial score (nSPS) is 10.9. The van der Waals surface area contributed by atoms with Crippen molar-refractivity contribution in [3.05, 3.63) is 28.7 Å². The van der Waals surface area contributed by atoms with E-state index < -0.39 is 0 Å². The predicted molar refractivity (Wildman–Crippen MR) is 50.6 cm³/mol. The number of hydrogen-bond acceptors (Lipinski definition) is 1. The molecule has 0 fully saturated rings. The number of pyridine rings is 1. The lowest BCUT2D eigenvalue weighted by atomic mass is 10.2. The molecular weight excluding hydrogens is 172 g/mol. The molecule has 2 heterocycles. The van der Waals surface area contributed by atoms with Crippen molar-refractivity contribution in [1.29, 1.82) is 0 Å². The monoisotopic (exact) mass is 180 g/mol. The standard InChI is InChI=1S/C9H9ClN2/c1-5-4-11-9-6(2)12-8(10)3-7(5)9/h3-4,11H,1-2H3. The highest BCUT2D eigenvalue weighted by Gasteiger charge is 2.04. The molecule has 1 N–H and O–H groups in total. The highest BCUT2D eigenvalue weighted by atomic mass is 35.5. The van der Waals surface area contributed by atoms with Crippen LogP contribution in [0.1, 0.15) is 11.3 Å². The van der Waals surface area contributed by atoms with E-state index in [2.05, 4.69) is 16.9 Å². The Morgan fingerprint density at radius 3 is 2.92 bits per heavy atom. The summed E-state index contributed by atoms with van der Waals surface area (Å²) in [5, 5.41) is 1.72. The number of aromatic amines is 1. The third kappa shape index (κ3) is 0.994. The lowest BCUT2D eigenvalue weighted by molar-refractivity contribution is 1.22. The Morgan fingerprint density at radius 1 is 1.42 bits per heavy atom. The molecule has 0 unspecified atom stereocenters. The average molecular weight is 181 g/mol. The second-order valence-corrected chi connectivity index (χ2v) is 3.31. The largest absolute Gasteiger partial charge is 0.359 e. The zero-order valence-corrected chi connectivity index (χ0v) is 7.74. The Bertz CT molecular complexity index is 431. The van der Waals surface area contributed by atoms with Gasteiger partial charge in [0.15, 0.2) is 0 Å². The molecule has 0 saturated heterocycles. The molecule has 0 spiro atoms. The van der Waals surface area contributed by atoms with Gasteiger partial charge in [-0.1, -0.05) is 11.6 Å². The molecule has 0 aromatic carbocycles. The third-order valence-corrected chi connectivity index (χ3v) is 2.22. The van der Waals surface area contributed by atoms with Gasteiger partial charge >= 0.3 is 0 Å². The summed E-state index contributed by atoms with van der Waals surface area (Å²) < 4.78 is 0. The highest BCUT2D eigenvalue weighted by molar-refractivity contribution is 6.30. The highest BCUT2D eigenvalue weighted by Crippen LogP contribution is 2.22. The smallest absolute Gasteiger partial charge is 0.130 e. The van der Waals surface area contributed by atoms with Gasteiger partial charge in [0, 0.05) is 11.6 Å². The van der Waals surface area contributed by atoms with Gasteiger partial charge in [0.05, 0.1) is 11.2 Å². The van der Waals surface area contributed by atoms with Crippen LogP contribution in [0.3, 0.4) is 0 Å². The first-order valence-electron chi connectivity index (χ1n) is 3.79. The van der Waals surface area contributed by atoms with Crippen molar-refractivity contribution >= 4 is 22.5 Å². The van der Waals surface area contributed by atoms with Gasteiger partial charge in [-0.3, -0.25) is 0 Å². The molecule has 0 bridgehead atoms. The number of hydrogen-bond donors (Lipinski definition) is 1. The molecule has 0 aliphatic carbocycles. The van der Waals surface area contributed by atoms with Gasteiger partial charge in [-0.25, -0.2) is 4.98 Å². The molecular formula is C9H9ClN2. The zero-order chi connectivity index (χ0) is 8.72. The van der Waals surface area contributed by atoms with Crippen LogP contribution in [0, 0.1) is 13.8 Å². The van der Waals surface area contributed by atoms with Gasteiger partial charge in [0.2, 0.25) is 0 Å². The Morgan fingerprint density at radius 2 is 2.17 bits per heavy atom. The van der Waals surface area contributed by atoms with Crippen LogP contribution < -0.4 is 0 Å². The van der Waals surface area contributed by atoms with E-state index in [4.69, 9.17) is 11.6 Å². The van der Waals surface area contributed by atoms with Crippen LogP contribution in [0.2, 0.25) is 5.15 Å². The van der Waals surface area contributed by atoms with Crippen LogP contribution >= 0.6 is 11.6 Å². The fourth-order valence-electron chi connectivity index (χ4n) is 1.39. The molecule has 2 rings (SSSR count). The van der Waals surface area contributed by atoms with E-state index in [0.717, 1.165) is 16.6 Å². The van der Waals surface area contributed by atoms with E-state index in [1.807, 2.05) is 19.2 Å².